The molecule has 0 spiro atoms. The Morgan fingerprint density at radius 1 is 1.69 bits per heavy atom. The molecule has 2 N–H and O–H groups in total. The molecule has 1 atom stereocenters. The van der Waals surface area contributed by atoms with Crippen molar-refractivity contribution in [3.05, 3.63) is 9.47 Å². The topological polar surface area (TPSA) is 84.3 Å². The molecule has 0 radical (unpaired) electrons. The number of nitrogens with one attached hydrogen (secondary N) is 1. The number of carbonyl (C=O) groups excluding carboxylic acids is 1. The molecule has 0 bridgehead atoms. The summed E-state index contributed by atoms with van der Waals surface area (Å²) in [6.45, 7) is 0.310. The maximum atomic E-state index is 11.6. The number of hydrogen-bond acceptors (Lipinski definition) is 6. The number of aliphatic hydroxyl groups excluding tert-OH is 1. The number of aromatic nitrogens is 2. The maximum Gasteiger partial charge on any atom is 0.282 e. The SMILES string of the molecule is COCC(CCO)NC(=O)c1nnc(Cl)s1. The van der Waals surface area contributed by atoms with Crippen molar-refractivity contribution in [3.8, 4) is 0 Å². The highest BCUT2D eigenvalue weighted by atomic mass is 35.5. The van der Waals surface area contributed by atoms with E-state index in [0.717, 1.165) is 11.3 Å². The van der Waals surface area contributed by atoms with Crippen LogP contribution in [0.3, 0.4) is 0 Å². The van der Waals surface area contributed by atoms with Crippen molar-refractivity contribution in [3.63, 3.8) is 0 Å². The number of hydrogen-bond donors (Lipinski definition) is 2. The first-order valence-corrected chi connectivity index (χ1v) is 5.76. The second-order valence-electron chi connectivity index (χ2n) is 3.00. The summed E-state index contributed by atoms with van der Waals surface area (Å²) in [6, 6.07) is -0.245. The predicted molar refractivity (Wildman–Crippen MR) is 59.8 cm³/mol. The number of halogens is 1. The average molecular weight is 266 g/mol. The molecule has 0 aromatic carbocycles. The molecule has 1 aromatic rings. The summed E-state index contributed by atoms with van der Waals surface area (Å²) in [4.78, 5) is 11.6. The van der Waals surface area contributed by atoms with Gasteiger partial charge in [0.1, 0.15) is 0 Å². The lowest BCUT2D eigenvalue weighted by molar-refractivity contribution is 0.0877. The van der Waals surface area contributed by atoms with Crippen LogP contribution in [0.2, 0.25) is 4.47 Å². The molecule has 8 heteroatoms. The number of ether oxygens (including phenoxy) is 1. The van der Waals surface area contributed by atoms with Crippen molar-refractivity contribution < 1.29 is 14.6 Å². The molecule has 1 unspecified atom stereocenters. The highest BCUT2D eigenvalue weighted by Crippen LogP contribution is 2.14. The van der Waals surface area contributed by atoms with Crippen molar-refractivity contribution >= 4 is 28.8 Å². The third-order valence-electron chi connectivity index (χ3n) is 1.78. The Morgan fingerprint density at radius 2 is 2.44 bits per heavy atom. The lowest BCUT2D eigenvalue weighted by atomic mass is 10.2. The highest BCUT2D eigenvalue weighted by Gasteiger charge is 2.16. The second kappa shape index (κ2) is 6.74. The van der Waals surface area contributed by atoms with E-state index in [1.165, 1.54) is 7.11 Å². The molecule has 0 aliphatic heterocycles. The summed E-state index contributed by atoms with van der Waals surface area (Å²) in [5.41, 5.74) is 0. The van der Waals surface area contributed by atoms with Crippen LogP contribution in [0.25, 0.3) is 0 Å². The van der Waals surface area contributed by atoms with Gasteiger partial charge in [0.15, 0.2) is 0 Å². The Balaban J connectivity index is 2.54. The van der Waals surface area contributed by atoms with E-state index in [-0.39, 0.29) is 28.0 Å². The summed E-state index contributed by atoms with van der Waals surface area (Å²) < 4.78 is 5.13. The molecule has 0 saturated heterocycles. The fraction of sp³-hybridized carbons (Fsp3) is 0.625. The fourth-order valence-electron chi connectivity index (χ4n) is 1.10. The lowest BCUT2D eigenvalue weighted by Crippen LogP contribution is -2.38. The minimum atomic E-state index is -0.361. The van der Waals surface area contributed by atoms with Crippen LogP contribution in [0.15, 0.2) is 0 Å². The summed E-state index contributed by atoms with van der Waals surface area (Å²) in [6.07, 6.45) is 0.423. The van der Waals surface area contributed by atoms with Crippen LogP contribution in [0.1, 0.15) is 16.2 Å². The molecule has 0 aliphatic rings. The van der Waals surface area contributed by atoms with E-state index < -0.39 is 0 Å². The van der Waals surface area contributed by atoms with Crippen LogP contribution in [0.4, 0.5) is 0 Å². The monoisotopic (exact) mass is 265 g/mol. The zero-order chi connectivity index (χ0) is 12.0. The quantitative estimate of drug-likeness (QED) is 0.774. The molecule has 1 amide bonds. The molecule has 1 aromatic heterocycles. The number of methoxy groups -OCH3 is 1. The zero-order valence-electron chi connectivity index (χ0n) is 8.64. The van der Waals surface area contributed by atoms with Gasteiger partial charge in [-0.25, -0.2) is 0 Å². The van der Waals surface area contributed by atoms with Crippen LogP contribution in [0.5, 0.6) is 0 Å². The van der Waals surface area contributed by atoms with Gasteiger partial charge in [0.25, 0.3) is 5.91 Å². The van der Waals surface area contributed by atoms with Gasteiger partial charge in [-0.3, -0.25) is 4.79 Å². The molecule has 1 heterocycles. The Hall–Kier alpha value is -0.760. The number of aliphatic hydroxyl groups is 1. The highest BCUT2D eigenvalue weighted by molar-refractivity contribution is 7.17. The standard InChI is InChI=1S/C8H12ClN3O3S/c1-15-4-5(2-3-13)10-6(14)7-11-12-8(9)16-7/h5,13H,2-4H2,1H3,(H,10,14). The molecule has 0 fully saturated rings. The van der Waals surface area contributed by atoms with Gasteiger partial charge in [0, 0.05) is 13.7 Å². The molecular weight excluding hydrogens is 254 g/mol. The molecular formula is C8H12ClN3O3S. The Kier molecular flexibility index (Phi) is 5.61. The zero-order valence-corrected chi connectivity index (χ0v) is 10.2. The summed E-state index contributed by atoms with van der Waals surface area (Å²) in [5, 5.41) is 18.8. The molecule has 90 valence electrons. The van der Waals surface area contributed by atoms with Gasteiger partial charge >= 0.3 is 0 Å². The van der Waals surface area contributed by atoms with E-state index >= 15 is 0 Å². The first kappa shape index (κ1) is 13.3. The number of amides is 1. The van der Waals surface area contributed by atoms with E-state index in [9.17, 15) is 4.79 Å². The summed E-state index contributed by atoms with van der Waals surface area (Å²) >= 11 is 6.57. The molecule has 1 rings (SSSR count). The van der Waals surface area contributed by atoms with E-state index in [4.69, 9.17) is 21.4 Å². The smallest absolute Gasteiger partial charge is 0.282 e. The van der Waals surface area contributed by atoms with Gasteiger partial charge in [-0.05, 0) is 18.0 Å². The van der Waals surface area contributed by atoms with E-state index in [1.807, 2.05) is 0 Å². The largest absolute Gasteiger partial charge is 0.396 e. The van der Waals surface area contributed by atoms with Gasteiger partial charge in [-0.2, -0.15) is 0 Å². The van der Waals surface area contributed by atoms with E-state index in [1.54, 1.807) is 0 Å². The van der Waals surface area contributed by atoms with Crippen molar-refractivity contribution in [1.29, 1.82) is 0 Å². The second-order valence-corrected chi connectivity index (χ2v) is 4.56. The van der Waals surface area contributed by atoms with E-state index in [2.05, 4.69) is 15.5 Å². The van der Waals surface area contributed by atoms with Gasteiger partial charge in [0.2, 0.25) is 9.47 Å². The lowest BCUT2D eigenvalue weighted by Gasteiger charge is -2.15. The number of nitrogens with zero attached hydrogens (tertiary/aromatic N) is 2. The van der Waals surface area contributed by atoms with Crippen LogP contribution < -0.4 is 5.32 Å². The minimum absolute atomic E-state index is 0.0226. The van der Waals surface area contributed by atoms with Crippen LogP contribution in [0, 0.1) is 0 Å². The van der Waals surface area contributed by atoms with Gasteiger partial charge < -0.3 is 15.2 Å². The van der Waals surface area contributed by atoms with Gasteiger partial charge in [-0.1, -0.05) is 11.3 Å². The first-order valence-electron chi connectivity index (χ1n) is 4.57. The summed E-state index contributed by atoms with van der Waals surface area (Å²) in [5.74, 6) is -0.361. The Bertz CT molecular complexity index is 341. The van der Waals surface area contributed by atoms with Crippen LogP contribution in [-0.2, 0) is 4.74 Å². The van der Waals surface area contributed by atoms with Crippen molar-refractivity contribution in [2.45, 2.75) is 12.5 Å². The van der Waals surface area contributed by atoms with E-state index in [0.29, 0.717) is 13.0 Å². The molecule has 16 heavy (non-hydrogen) atoms. The minimum Gasteiger partial charge on any atom is -0.396 e. The molecule has 6 nitrogen and oxygen atoms in total. The fourth-order valence-corrected chi connectivity index (χ4v) is 1.83. The van der Waals surface area contributed by atoms with Crippen molar-refractivity contribution in [2.24, 2.45) is 0 Å². The van der Waals surface area contributed by atoms with Crippen LogP contribution >= 0.6 is 22.9 Å². The molecule has 0 aliphatic carbocycles. The van der Waals surface area contributed by atoms with Crippen molar-refractivity contribution in [1.82, 2.24) is 15.5 Å². The van der Waals surface area contributed by atoms with Gasteiger partial charge in [-0.15, -0.1) is 10.2 Å². The van der Waals surface area contributed by atoms with Gasteiger partial charge in [0.05, 0.1) is 12.6 Å². The first-order chi connectivity index (χ1) is 7.67. The number of rotatable bonds is 6. The third-order valence-corrected chi connectivity index (χ3v) is 2.79. The normalized spacial score (nSPS) is 12.4. The van der Waals surface area contributed by atoms with Crippen molar-refractivity contribution in [2.75, 3.05) is 20.3 Å². The third kappa shape index (κ3) is 4.01. The Labute approximate surface area is 102 Å². The Morgan fingerprint density at radius 3 is 2.94 bits per heavy atom. The predicted octanol–water partition coefficient (Wildman–Crippen LogP) is 0.319. The van der Waals surface area contributed by atoms with Crippen LogP contribution in [-0.4, -0.2) is 47.6 Å². The summed E-state index contributed by atoms with van der Waals surface area (Å²) in [7, 11) is 1.53. The maximum absolute atomic E-state index is 11.6. The average Bonchev–Trinajstić information content (AvgIpc) is 2.65. The number of carbonyl (C=O) groups is 1. The molecule has 0 saturated carbocycles.